The van der Waals surface area contributed by atoms with E-state index in [-0.39, 0.29) is 11.2 Å². The molecular formula is C21H23N3O4S. The monoisotopic (exact) mass is 413 g/mol. The second-order valence-electron chi connectivity index (χ2n) is 6.25. The molecule has 0 aliphatic rings. The van der Waals surface area contributed by atoms with Crippen molar-refractivity contribution < 1.29 is 18.7 Å². The number of nitrogens with one attached hydrogen (secondary N) is 1. The largest absolute Gasteiger partial charge is 0.497 e. The maximum Gasteiger partial charge on any atom is 0.277 e. The van der Waals surface area contributed by atoms with Crippen molar-refractivity contribution >= 4 is 17.7 Å². The minimum absolute atomic E-state index is 0.0762. The van der Waals surface area contributed by atoms with Gasteiger partial charge in [0.2, 0.25) is 11.8 Å². The van der Waals surface area contributed by atoms with E-state index in [9.17, 15) is 4.79 Å². The summed E-state index contributed by atoms with van der Waals surface area (Å²) in [7, 11) is 3.25. The van der Waals surface area contributed by atoms with Crippen molar-refractivity contribution in [3.05, 3.63) is 54.1 Å². The van der Waals surface area contributed by atoms with E-state index >= 15 is 0 Å². The minimum atomic E-state index is -0.352. The molecule has 2 aromatic carbocycles. The molecule has 1 N–H and O–H groups in total. The zero-order valence-electron chi connectivity index (χ0n) is 16.5. The molecule has 1 amide bonds. The second-order valence-corrected chi connectivity index (χ2v) is 7.54. The van der Waals surface area contributed by atoms with E-state index in [0.717, 1.165) is 29.0 Å². The summed E-state index contributed by atoms with van der Waals surface area (Å²) < 4.78 is 15.9. The van der Waals surface area contributed by atoms with E-state index < -0.39 is 0 Å². The molecule has 3 aromatic rings. The lowest BCUT2D eigenvalue weighted by Gasteiger charge is -2.10. The van der Waals surface area contributed by atoms with Crippen LogP contribution in [0.1, 0.15) is 12.5 Å². The number of hydrogen-bond donors (Lipinski definition) is 1. The number of ether oxygens (including phenoxy) is 2. The van der Waals surface area contributed by atoms with Gasteiger partial charge in [-0.2, -0.15) is 0 Å². The number of aromatic nitrogens is 2. The quantitative estimate of drug-likeness (QED) is 0.537. The predicted octanol–water partition coefficient (Wildman–Crippen LogP) is 3.59. The molecule has 0 aliphatic carbocycles. The van der Waals surface area contributed by atoms with Gasteiger partial charge in [0.1, 0.15) is 11.5 Å². The first kappa shape index (κ1) is 20.7. The summed E-state index contributed by atoms with van der Waals surface area (Å²) in [6.07, 6.45) is 0.745. The van der Waals surface area contributed by atoms with Crippen molar-refractivity contribution in [3.8, 4) is 23.0 Å². The number of benzene rings is 2. The molecule has 152 valence electrons. The van der Waals surface area contributed by atoms with Crippen LogP contribution in [0.2, 0.25) is 0 Å². The van der Waals surface area contributed by atoms with E-state index in [0.29, 0.717) is 17.7 Å². The molecule has 1 atom stereocenters. The zero-order chi connectivity index (χ0) is 20.6. The van der Waals surface area contributed by atoms with Gasteiger partial charge in [-0.05, 0) is 55.3 Å². The highest BCUT2D eigenvalue weighted by atomic mass is 32.2. The van der Waals surface area contributed by atoms with Crippen LogP contribution in [0, 0.1) is 0 Å². The minimum Gasteiger partial charge on any atom is -0.497 e. The Morgan fingerprint density at radius 2 is 1.66 bits per heavy atom. The van der Waals surface area contributed by atoms with Crippen LogP contribution in [0.4, 0.5) is 0 Å². The Morgan fingerprint density at radius 3 is 2.28 bits per heavy atom. The Hall–Kier alpha value is -3.00. The fourth-order valence-corrected chi connectivity index (χ4v) is 3.29. The number of methoxy groups -OCH3 is 2. The van der Waals surface area contributed by atoms with Gasteiger partial charge in [0.25, 0.3) is 5.22 Å². The Morgan fingerprint density at radius 1 is 1.03 bits per heavy atom. The van der Waals surface area contributed by atoms with E-state index in [1.807, 2.05) is 55.5 Å². The molecule has 0 saturated heterocycles. The molecule has 0 fully saturated rings. The normalized spacial score (nSPS) is 11.7. The van der Waals surface area contributed by atoms with Crippen LogP contribution in [0.15, 0.2) is 58.2 Å². The summed E-state index contributed by atoms with van der Waals surface area (Å²) in [6.45, 7) is 2.36. The first-order valence-corrected chi connectivity index (χ1v) is 10.0. The summed E-state index contributed by atoms with van der Waals surface area (Å²) in [5.41, 5.74) is 1.93. The fourth-order valence-electron chi connectivity index (χ4n) is 2.58. The number of carbonyl (C=O) groups is 1. The summed E-state index contributed by atoms with van der Waals surface area (Å²) in [5.74, 6) is 1.90. The third-order valence-corrected chi connectivity index (χ3v) is 5.20. The fraction of sp³-hybridized carbons (Fsp3) is 0.286. The number of rotatable bonds is 9. The van der Waals surface area contributed by atoms with E-state index in [4.69, 9.17) is 13.9 Å². The van der Waals surface area contributed by atoms with E-state index in [2.05, 4.69) is 15.5 Å². The van der Waals surface area contributed by atoms with Gasteiger partial charge in [-0.3, -0.25) is 4.79 Å². The molecule has 3 rings (SSSR count). The third-order valence-electron chi connectivity index (χ3n) is 4.26. The second kappa shape index (κ2) is 9.97. The van der Waals surface area contributed by atoms with Gasteiger partial charge < -0.3 is 19.2 Å². The molecule has 0 aliphatic heterocycles. The van der Waals surface area contributed by atoms with Crippen molar-refractivity contribution in [3.63, 3.8) is 0 Å². The van der Waals surface area contributed by atoms with Crippen molar-refractivity contribution in [2.75, 3.05) is 20.8 Å². The molecule has 1 aromatic heterocycles. The molecule has 0 saturated carbocycles. The topological polar surface area (TPSA) is 86.5 Å². The van der Waals surface area contributed by atoms with Crippen LogP contribution in [-0.2, 0) is 11.2 Å². The summed E-state index contributed by atoms with van der Waals surface area (Å²) in [4.78, 5) is 12.3. The van der Waals surface area contributed by atoms with Crippen molar-refractivity contribution in [2.24, 2.45) is 0 Å². The van der Waals surface area contributed by atoms with Gasteiger partial charge in [0.05, 0.1) is 19.5 Å². The van der Waals surface area contributed by atoms with Gasteiger partial charge >= 0.3 is 0 Å². The molecule has 0 spiro atoms. The Kier molecular flexibility index (Phi) is 7.13. The Balaban J connectivity index is 1.48. The number of carbonyl (C=O) groups excluding carboxylic acids is 1. The lowest BCUT2D eigenvalue weighted by Crippen LogP contribution is -2.32. The highest BCUT2D eigenvalue weighted by Gasteiger charge is 2.18. The van der Waals surface area contributed by atoms with Crippen molar-refractivity contribution in [1.29, 1.82) is 0 Å². The molecule has 29 heavy (non-hydrogen) atoms. The summed E-state index contributed by atoms with van der Waals surface area (Å²) >= 11 is 1.23. The SMILES string of the molecule is COc1ccc(CCNC(=O)[C@H](C)Sc2nnc(-c3ccc(OC)cc3)o2)cc1. The molecule has 0 unspecified atom stereocenters. The summed E-state index contributed by atoms with van der Waals surface area (Å²) in [5, 5.41) is 11.0. The third kappa shape index (κ3) is 5.74. The van der Waals surface area contributed by atoms with Gasteiger partial charge in [0, 0.05) is 12.1 Å². The number of nitrogens with zero attached hydrogens (tertiary/aromatic N) is 2. The summed E-state index contributed by atoms with van der Waals surface area (Å²) in [6, 6.07) is 15.1. The van der Waals surface area contributed by atoms with Crippen LogP contribution in [-0.4, -0.2) is 42.1 Å². The number of thioether (sulfide) groups is 1. The van der Waals surface area contributed by atoms with Gasteiger partial charge in [-0.25, -0.2) is 0 Å². The zero-order valence-corrected chi connectivity index (χ0v) is 17.4. The Bertz CT molecular complexity index is 926. The highest BCUT2D eigenvalue weighted by molar-refractivity contribution is 8.00. The highest BCUT2D eigenvalue weighted by Crippen LogP contribution is 2.27. The van der Waals surface area contributed by atoms with Gasteiger partial charge in [0.15, 0.2) is 0 Å². The molecule has 0 radical (unpaired) electrons. The average Bonchev–Trinajstić information content (AvgIpc) is 3.22. The van der Waals surface area contributed by atoms with Crippen molar-refractivity contribution in [2.45, 2.75) is 23.8 Å². The van der Waals surface area contributed by atoms with Crippen LogP contribution >= 0.6 is 11.8 Å². The average molecular weight is 413 g/mol. The van der Waals surface area contributed by atoms with Crippen molar-refractivity contribution in [1.82, 2.24) is 15.5 Å². The maximum absolute atomic E-state index is 12.3. The van der Waals surface area contributed by atoms with Gasteiger partial charge in [-0.15, -0.1) is 10.2 Å². The van der Waals surface area contributed by atoms with Crippen LogP contribution in [0.5, 0.6) is 11.5 Å². The molecule has 8 heteroatoms. The standard InChI is InChI=1S/C21H23N3O4S/c1-14(19(25)22-13-12-15-4-8-17(26-2)9-5-15)29-21-24-23-20(28-21)16-6-10-18(27-3)11-7-16/h4-11,14H,12-13H2,1-3H3,(H,22,25)/t14-/m0/s1. The molecule has 0 bridgehead atoms. The van der Waals surface area contributed by atoms with E-state index in [1.54, 1.807) is 14.2 Å². The molecule has 7 nitrogen and oxygen atoms in total. The molecular weight excluding hydrogens is 390 g/mol. The maximum atomic E-state index is 12.3. The van der Waals surface area contributed by atoms with E-state index in [1.165, 1.54) is 11.8 Å². The van der Waals surface area contributed by atoms with Crippen LogP contribution < -0.4 is 14.8 Å². The number of hydrogen-bond acceptors (Lipinski definition) is 7. The Labute approximate surface area is 173 Å². The first-order valence-electron chi connectivity index (χ1n) is 9.14. The predicted molar refractivity (Wildman–Crippen MR) is 111 cm³/mol. The van der Waals surface area contributed by atoms with Crippen LogP contribution in [0.3, 0.4) is 0 Å². The lowest BCUT2D eigenvalue weighted by atomic mass is 10.1. The lowest BCUT2D eigenvalue weighted by molar-refractivity contribution is -0.120. The van der Waals surface area contributed by atoms with Crippen LogP contribution in [0.25, 0.3) is 11.5 Å². The number of amides is 1. The smallest absolute Gasteiger partial charge is 0.277 e. The first-order chi connectivity index (χ1) is 14.1. The molecule has 1 heterocycles. The van der Waals surface area contributed by atoms with Gasteiger partial charge in [-0.1, -0.05) is 23.9 Å².